The fourth-order valence-corrected chi connectivity index (χ4v) is 4.02. The fraction of sp³-hybridized carbons (Fsp3) is 0.0909. The Morgan fingerprint density at radius 3 is 2.42 bits per heavy atom. The fourth-order valence-electron chi connectivity index (χ4n) is 3.33. The third-order valence-electron chi connectivity index (χ3n) is 4.79. The van der Waals surface area contributed by atoms with Crippen LogP contribution >= 0.6 is 11.6 Å². The second-order valence-electron chi connectivity index (χ2n) is 7.14. The zero-order valence-electron chi connectivity index (χ0n) is 17.3. The van der Waals surface area contributed by atoms with Crippen LogP contribution in [-0.2, 0) is 10.0 Å². The number of nitrogens with one attached hydrogen (secondary N) is 1. The maximum Gasteiger partial charge on any atom is 0.267 e. The van der Waals surface area contributed by atoms with Crippen molar-refractivity contribution >= 4 is 38.4 Å². The Labute approximate surface area is 192 Å². The summed E-state index contributed by atoms with van der Waals surface area (Å²) in [6, 6.07) is 12.9. The van der Waals surface area contributed by atoms with E-state index in [2.05, 4.69) is 5.10 Å². The van der Waals surface area contributed by atoms with Crippen molar-refractivity contribution in [1.82, 2.24) is 14.5 Å². The number of rotatable bonds is 5. The minimum atomic E-state index is -3.90. The average Bonchev–Trinajstić information content (AvgIpc) is 3.12. The maximum atomic E-state index is 14.8. The summed E-state index contributed by atoms with van der Waals surface area (Å²) in [5.41, 5.74) is 1.05. The molecular weight excluding hydrogens is 476 g/mol. The van der Waals surface area contributed by atoms with Crippen LogP contribution in [0.25, 0.3) is 27.8 Å². The summed E-state index contributed by atoms with van der Waals surface area (Å²) >= 11 is 6.33. The van der Waals surface area contributed by atoms with Gasteiger partial charge in [-0.1, -0.05) is 11.6 Å². The molecule has 0 radical (unpaired) electrons. The van der Waals surface area contributed by atoms with Crippen molar-refractivity contribution in [3.05, 3.63) is 76.8 Å². The van der Waals surface area contributed by atoms with E-state index in [9.17, 15) is 22.0 Å². The second kappa shape index (κ2) is 8.45. The summed E-state index contributed by atoms with van der Waals surface area (Å²) in [5, 5.41) is 4.91. The number of carbonyl (C=O) groups is 1. The zero-order chi connectivity index (χ0) is 23.9. The van der Waals surface area contributed by atoms with Gasteiger partial charge in [0.2, 0.25) is 10.0 Å². The van der Waals surface area contributed by atoms with Crippen LogP contribution in [0.5, 0.6) is 5.75 Å². The van der Waals surface area contributed by atoms with Gasteiger partial charge in [-0.05, 0) is 48.5 Å². The number of benzene rings is 3. The molecule has 0 fully saturated rings. The predicted octanol–water partition coefficient (Wildman–Crippen LogP) is 4.32. The Morgan fingerprint density at radius 2 is 1.79 bits per heavy atom. The molecule has 0 bridgehead atoms. The van der Waals surface area contributed by atoms with Crippen LogP contribution in [0.2, 0.25) is 5.02 Å². The van der Waals surface area contributed by atoms with Gasteiger partial charge in [0.25, 0.3) is 5.91 Å². The lowest BCUT2D eigenvalue weighted by molar-refractivity contribution is 0.0978. The van der Waals surface area contributed by atoms with Gasteiger partial charge in [-0.2, -0.15) is 5.10 Å². The Bertz CT molecular complexity index is 1500. The highest BCUT2D eigenvalue weighted by Gasteiger charge is 2.21. The monoisotopic (exact) mass is 491 g/mol. The van der Waals surface area contributed by atoms with E-state index in [4.69, 9.17) is 16.3 Å². The Hall–Kier alpha value is -3.50. The van der Waals surface area contributed by atoms with Crippen molar-refractivity contribution in [3.63, 3.8) is 0 Å². The average molecular weight is 492 g/mol. The molecule has 0 aliphatic carbocycles. The largest absolute Gasteiger partial charge is 0.497 e. The van der Waals surface area contributed by atoms with Gasteiger partial charge in [0.1, 0.15) is 23.1 Å². The molecule has 11 heteroatoms. The molecule has 0 aliphatic rings. The zero-order valence-corrected chi connectivity index (χ0v) is 18.8. The van der Waals surface area contributed by atoms with E-state index < -0.39 is 33.1 Å². The predicted molar refractivity (Wildman–Crippen MR) is 120 cm³/mol. The standard InChI is InChI=1S/C22H16ClF2N3O4S/c1-32-14-6-3-12(4-7-14)21-16-9-13(24)5-8-19(16)28(26-21)20-11-18(25)15(10-17(20)23)22(29)27-33(2,30)31/h3-11H,1-2H3,(H,27,29). The molecule has 170 valence electrons. The van der Waals surface area contributed by atoms with E-state index >= 15 is 0 Å². The Balaban J connectivity index is 1.88. The number of methoxy groups -OCH3 is 1. The number of hydrogen-bond donors (Lipinski definition) is 1. The van der Waals surface area contributed by atoms with E-state index in [0.29, 0.717) is 27.9 Å². The number of amides is 1. The minimum absolute atomic E-state index is 0.0648. The third kappa shape index (κ3) is 4.53. The third-order valence-corrected chi connectivity index (χ3v) is 5.65. The number of fused-ring (bicyclic) bond motifs is 1. The second-order valence-corrected chi connectivity index (χ2v) is 9.29. The van der Waals surface area contributed by atoms with Gasteiger partial charge < -0.3 is 4.74 Å². The van der Waals surface area contributed by atoms with Crippen molar-refractivity contribution in [2.75, 3.05) is 13.4 Å². The maximum absolute atomic E-state index is 14.8. The molecule has 0 spiro atoms. The minimum Gasteiger partial charge on any atom is -0.497 e. The first kappa shape index (κ1) is 22.7. The van der Waals surface area contributed by atoms with E-state index in [1.165, 1.54) is 30.0 Å². The van der Waals surface area contributed by atoms with Crippen LogP contribution in [-0.4, -0.2) is 37.5 Å². The van der Waals surface area contributed by atoms with Gasteiger partial charge >= 0.3 is 0 Å². The lowest BCUT2D eigenvalue weighted by Crippen LogP contribution is -2.30. The first-order valence-corrected chi connectivity index (χ1v) is 11.7. The highest BCUT2D eigenvalue weighted by atomic mass is 35.5. The number of sulfonamides is 1. The number of hydrogen-bond acceptors (Lipinski definition) is 5. The van der Waals surface area contributed by atoms with Crippen LogP contribution < -0.4 is 9.46 Å². The highest BCUT2D eigenvalue weighted by Crippen LogP contribution is 2.34. The van der Waals surface area contributed by atoms with Crippen molar-refractivity contribution in [2.24, 2.45) is 0 Å². The van der Waals surface area contributed by atoms with Crippen LogP contribution in [0.15, 0.2) is 54.6 Å². The van der Waals surface area contributed by atoms with Crippen LogP contribution in [0, 0.1) is 11.6 Å². The van der Waals surface area contributed by atoms with Gasteiger partial charge in [0.05, 0.1) is 35.2 Å². The topological polar surface area (TPSA) is 90.3 Å². The summed E-state index contributed by atoms with van der Waals surface area (Å²) in [4.78, 5) is 12.1. The SMILES string of the molecule is COc1ccc(-c2nn(-c3cc(F)c(C(=O)NS(C)(=O)=O)cc3Cl)c3ccc(F)cc23)cc1. The Kier molecular flexibility index (Phi) is 5.81. The lowest BCUT2D eigenvalue weighted by Gasteiger charge is -2.10. The van der Waals surface area contributed by atoms with Gasteiger partial charge in [0, 0.05) is 17.0 Å². The first-order valence-electron chi connectivity index (χ1n) is 9.41. The Morgan fingerprint density at radius 1 is 1.09 bits per heavy atom. The molecule has 4 rings (SSSR count). The van der Waals surface area contributed by atoms with E-state index in [0.717, 1.165) is 18.4 Å². The van der Waals surface area contributed by atoms with Crippen molar-refractivity contribution in [3.8, 4) is 22.7 Å². The molecule has 1 aromatic heterocycles. The van der Waals surface area contributed by atoms with Crippen molar-refractivity contribution in [2.45, 2.75) is 0 Å². The summed E-state index contributed by atoms with van der Waals surface area (Å²) in [7, 11) is -2.37. The van der Waals surface area contributed by atoms with Gasteiger partial charge in [-0.3, -0.25) is 4.79 Å². The molecule has 0 atom stereocenters. The number of ether oxygens (including phenoxy) is 1. The normalized spacial score (nSPS) is 11.5. The van der Waals surface area contributed by atoms with Crippen LogP contribution in [0.1, 0.15) is 10.4 Å². The van der Waals surface area contributed by atoms with Crippen LogP contribution in [0.4, 0.5) is 8.78 Å². The number of carbonyl (C=O) groups excluding carboxylic acids is 1. The van der Waals surface area contributed by atoms with Crippen molar-refractivity contribution < 1.29 is 26.7 Å². The van der Waals surface area contributed by atoms with E-state index in [1.807, 2.05) is 0 Å². The molecule has 0 saturated heterocycles. The first-order chi connectivity index (χ1) is 15.6. The molecule has 1 heterocycles. The molecule has 4 aromatic rings. The quantitative estimate of drug-likeness (QED) is 0.449. The molecule has 33 heavy (non-hydrogen) atoms. The molecular formula is C22H16ClF2N3O4S. The number of nitrogens with zero attached hydrogens (tertiary/aromatic N) is 2. The summed E-state index contributed by atoms with van der Waals surface area (Å²) in [5.74, 6) is -2.02. The highest BCUT2D eigenvalue weighted by molar-refractivity contribution is 7.89. The molecule has 7 nitrogen and oxygen atoms in total. The summed E-state index contributed by atoms with van der Waals surface area (Å²) in [6.07, 6.45) is 0.772. The van der Waals surface area contributed by atoms with E-state index in [1.54, 1.807) is 29.0 Å². The summed E-state index contributed by atoms with van der Waals surface area (Å²) < 4.78 is 59.6. The molecule has 1 N–H and O–H groups in total. The van der Waals surface area contributed by atoms with Gasteiger partial charge in [-0.25, -0.2) is 26.6 Å². The molecule has 0 unspecified atom stereocenters. The van der Waals surface area contributed by atoms with Crippen molar-refractivity contribution in [1.29, 1.82) is 0 Å². The van der Waals surface area contributed by atoms with Gasteiger partial charge in [-0.15, -0.1) is 0 Å². The van der Waals surface area contributed by atoms with E-state index in [-0.39, 0.29) is 10.7 Å². The van der Waals surface area contributed by atoms with Crippen LogP contribution in [0.3, 0.4) is 0 Å². The molecule has 1 amide bonds. The summed E-state index contributed by atoms with van der Waals surface area (Å²) in [6.45, 7) is 0. The molecule has 0 saturated carbocycles. The molecule has 3 aromatic carbocycles. The molecule has 0 aliphatic heterocycles. The smallest absolute Gasteiger partial charge is 0.267 e. The number of halogens is 3. The number of aromatic nitrogens is 2. The van der Waals surface area contributed by atoms with Gasteiger partial charge in [0.15, 0.2) is 0 Å². The lowest BCUT2D eigenvalue weighted by atomic mass is 10.1.